The Hall–Kier alpha value is -1.06. The van der Waals surface area contributed by atoms with Crippen LogP contribution in [-0.4, -0.2) is 25.4 Å². The molecule has 3 heteroatoms. The molecule has 1 saturated carbocycles. The molecule has 0 aliphatic heterocycles. The molecule has 2 rings (SSSR count). The van der Waals surface area contributed by atoms with Crippen LogP contribution >= 0.6 is 0 Å². The summed E-state index contributed by atoms with van der Waals surface area (Å²) in [6, 6.07) is 8.47. The summed E-state index contributed by atoms with van der Waals surface area (Å²) in [6.07, 6.45) is 8.95. The molecule has 1 fully saturated rings. The monoisotopic (exact) mass is 279 g/mol. The zero-order valence-corrected chi connectivity index (χ0v) is 12.7. The molecule has 0 aromatic heterocycles. The van der Waals surface area contributed by atoms with Gasteiger partial charge in [-0.15, -0.1) is 0 Å². The second-order valence-corrected chi connectivity index (χ2v) is 5.35. The smallest absolute Gasteiger partial charge is 0.119 e. The van der Waals surface area contributed by atoms with Crippen LogP contribution in [0.15, 0.2) is 24.3 Å². The standard InChI is InChI=1S/C16H25NO.CH4O/c17-11-5-9-14-8-4-10-16(12-14)18-13-15-6-2-1-3-7-15;1-2/h4,8,10,12,15H,1-3,5-7,9,11,13,17H2;2H,1H3. The van der Waals surface area contributed by atoms with E-state index in [0.29, 0.717) is 0 Å². The van der Waals surface area contributed by atoms with Gasteiger partial charge in [0.05, 0.1) is 6.61 Å². The van der Waals surface area contributed by atoms with Gasteiger partial charge in [0.15, 0.2) is 0 Å². The molecule has 3 N–H and O–H groups in total. The van der Waals surface area contributed by atoms with Gasteiger partial charge in [-0.3, -0.25) is 0 Å². The number of aliphatic hydroxyl groups is 1. The number of ether oxygens (including phenoxy) is 1. The highest BCUT2D eigenvalue weighted by Gasteiger charge is 2.13. The topological polar surface area (TPSA) is 55.5 Å². The number of benzene rings is 1. The Morgan fingerprint density at radius 1 is 1.20 bits per heavy atom. The van der Waals surface area contributed by atoms with Gasteiger partial charge in [0.2, 0.25) is 0 Å². The Morgan fingerprint density at radius 3 is 2.65 bits per heavy atom. The van der Waals surface area contributed by atoms with E-state index in [2.05, 4.69) is 24.3 Å². The molecular weight excluding hydrogens is 250 g/mol. The van der Waals surface area contributed by atoms with E-state index in [-0.39, 0.29) is 0 Å². The first-order chi connectivity index (χ1) is 9.88. The molecule has 114 valence electrons. The highest BCUT2D eigenvalue weighted by molar-refractivity contribution is 5.28. The average Bonchev–Trinajstić information content (AvgIpc) is 2.54. The fourth-order valence-electron chi connectivity index (χ4n) is 2.66. The number of rotatable bonds is 6. The van der Waals surface area contributed by atoms with Crippen LogP contribution in [0.2, 0.25) is 0 Å². The molecule has 1 aromatic carbocycles. The number of aryl methyl sites for hydroxylation is 1. The lowest BCUT2D eigenvalue weighted by Gasteiger charge is -2.21. The van der Waals surface area contributed by atoms with Gasteiger partial charge in [-0.2, -0.15) is 0 Å². The molecule has 0 spiro atoms. The molecule has 1 aliphatic carbocycles. The maximum Gasteiger partial charge on any atom is 0.119 e. The fraction of sp³-hybridized carbons (Fsp3) is 0.647. The molecule has 0 unspecified atom stereocenters. The molecule has 0 saturated heterocycles. The van der Waals surface area contributed by atoms with Crippen molar-refractivity contribution in [3.8, 4) is 5.75 Å². The number of hydrogen-bond acceptors (Lipinski definition) is 3. The highest BCUT2D eigenvalue weighted by atomic mass is 16.5. The molecular formula is C17H29NO2. The van der Waals surface area contributed by atoms with Gasteiger partial charge in [0.1, 0.15) is 5.75 Å². The minimum Gasteiger partial charge on any atom is -0.493 e. The third kappa shape index (κ3) is 6.40. The minimum absolute atomic E-state index is 0.757. The van der Waals surface area contributed by atoms with Crippen LogP contribution in [0.4, 0.5) is 0 Å². The van der Waals surface area contributed by atoms with E-state index >= 15 is 0 Å². The number of nitrogens with two attached hydrogens (primary N) is 1. The van der Waals surface area contributed by atoms with Crippen LogP contribution in [0.25, 0.3) is 0 Å². The van der Waals surface area contributed by atoms with Crippen LogP contribution in [0.3, 0.4) is 0 Å². The molecule has 0 radical (unpaired) electrons. The van der Waals surface area contributed by atoms with Gasteiger partial charge in [-0.25, -0.2) is 0 Å². The Balaban J connectivity index is 0.000000956. The van der Waals surface area contributed by atoms with E-state index in [1.54, 1.807) is 0 Å². The van der Waals surface area contributed by atoms with Gasteiger partial charge >= 0.3 is 0 Å². The van der Waals surface area contributed by atoms with E-state index < -0.39 is 0 Å². The van der Waals surface area contributed by atoms with Gasteiger partial charge in [0, 0.05) is 7.11 Å². The Labute approximate surface area is 123 Å². The van der Waals surface area contributed by atoms with Crippen molar-refractivity contribution in [3.63, 3.8) is 0 Å². The zero-order chi connectivity index (χ0) is 14.6. The van der Waals surface area contributed by atoms with Crippen LogP contribution in [0.1, 0.15) is 44.1 Å². The maximum atomic E-state index is 7.00. The molecule has 3 nitrogen and oxygen atoms in total. The first kappa shape index (κ1) is 17.0. The summed E-state index contributed by atoms with van der Waals surface area (Å²) in [4.78, 5) is 0. The molecule has 1 aliphatic rings. The van der Waals surface area contributed by atoms with Crippen molar-refractivity contribution < 1.29 is 9.84 Å². The third-order valence-corrected chi connectivity index (χ3v) is 3.78. The zero-order valence-electron chi connectivity index (χ0n) is 12.7. The highest BCUT2D eigenvalue weighted by Crippen LogP contribution is 2.25. The largest absolute Gasteiger partial charge is 0.493 e. The van der Waals surface area contributed by atoms with Gasteiger partial charge < -0.3 is 15.6 Å². The summed E-state index contributed by atoms with van der Waals surface area (Å²) >= 11 is 0. The summed E-state index contributed by atoms with van der Waals surface area (Å²) in [5, 5.41) is 7.00. The lowest BCUT2D eigenvalue weighted by Crippen LogP contribution is -2.15. The minimum atomic E-state index is 0.757. The van der Waals surface area contributed by atoms with E-state index in [1.807, 2.05) is 0 Å². The predicted molar refractivity (Wildman–Crippen MR) is 84.0 cm³/mol. The molecule has 0 bridgehead atoms. The van der Waals surface area contributed by atoms with Crippen molar-refractivity contribution in [2.45, 2.75) is 44.9 Å². The third-order valence-electron chi connectivity index (χ3n) is 3.78. The fourth-order valence-corrected chi connectivity index (χ4v) is 2.66. The molecule has 0 amide bonds. The second-order valence-electron chi connectivity index (χ2n) is 5.35. The summed E-state index contributed by atoms with van der Waals surface area (Å²) in [5.41, 5.74) is 6.87. The first-order valence-electron chi connectivity index (χ1n) is 7.75. The molecule has 0 atom stereocenters. The maximum absolute atomic E-state index is 7.00. The van der Waals surface area contributed by atoms with Crippen molar-refractivity contribution in [2.24, 2.45) is 11.7 Å². The lowest BCUT2D eigenvalue weighted by atomic mass is 9.90. The van der Waals surface area contributed by atoms with Crippen LogP contribution in [0.5, 0.6) is 5.75 Å². The molecule has 1 aromatic rings. The van der Waals surface area contributed by atoms with Crippen LogP contribution < -0.4 is 10.5 Å². The number of hydrogen-bond donors (Lipinski definition) is 2. The Morgan fingerprint density at radius 2 is 1.95 bits per heavy atom. The van der Waals surface area contributed by atoms with Gasteiger partial charge in [0.25, 0.3) is 0 Å². The summed E-state index contributed by atoms with van der Waals surface area (Å²) in [6.45, 7) is 1.65. The van der Waals surface area contributed by atoms with E-state index in [4.69, 9.17) is 15.6 Å². The average molecular weight is 279 g/mol. The predicted octanol–water partition coefficient (Wildman–Crippen LogP) is 3.15. The van der Waals surface area contributed by atoms with Crippen molar-refractivity contribution in [1.29, 1.82) is 0 Å². The number of aliphatic hydroxyl groups excluding tert-OH is 1. The summed E-state index contributed by atoms with van der Waals surface area (Å²) in [7, 11) is 1.00. The van der Waals surface area contributed by atoms with E-state index in [1.165, 1.54) is 37.7 Å². The van der Waals surface area contributed by atoms with Crippen LogP contribution in [-0.2, 0) is 6.42 Å². The van der Waals surface area contributed by atoms with Crippen molar-refractivity contribution in [3.05, 3.63) is 29.8 Å². The van der Waals surface area contributed by atoms with Crippen molar-refractivity contribution >= 4 is 0 Å². The Bertz CT molecular complexity index is 349. The Kier molecular flexibility index (Phi) is 9.09. The molecule has 20 heavy (non-hydrogen) atoms. The van der Waals surface area contributed by atoms with Crippen molar-refractivity contribution in [2.75, 3.05) is 20.3 Å². The van der Waals surface area contributed by atoms with Crippen molar-refractivity contribution in [1.82, 2.24) is 0 Å². The van der Waals surface area contributed by atoms with E-state index in [0.717, 1.165) is 44.8 Å². The summed E-state index contributed by atoms with van der Waals surface area (Å²) in [5.74, 6) is 1.79. The normalized spacial score (nSPS) is 15.3. The van der Waals surface area contributed by atoms with Gasteiger partial charge in [-0.05, 0) is 55.8 Å². The summed E-state index contributed by atoms with van der Waals surface area (Å²) < 4.78 is 5.93. The lowest BCUT2D eigenvalue weighted by molar-refractivity contribution is 0.208. The molecule has 0 heterocycles. The van der Waals surface area contributed by atoms with E-state index in [9.17, 15) is 0 Å². The first-order valence-corrected chi connectivity index (χ1v) is 7.75. The van der Waals surface area contributed by atoms with Crippen LogP contribution in [0, 0.1) is 5.92 Å². The second kappa shape index (κ2) is 10.7. The van der Waals surface area contributed by atoms with Gasteiger partial charge in [-0.1, -0.05) is 31.4 Å². The SMILES string of the molecule is CO.NCCCc1cccc(OCC2CCCCC2)c1. The quantitative estimate of drug-likeness (QED) is 0.841.